The number of rotatable bonds is 6. The van der Waals surface area contributed by atoms with Crippen molar-refractivity contribution in [2.45, 2.75) is 19.1 Å². The Morgan fingerprint density at radius 3 is 2.58 bits per heavy atom. The van der Waals surface area contributed by atoms with Crippen LogP contribution in [0.2, 0.25) is 0 Å². The van der Waals surface area contributed by atoms with Crippen LogP contribution in [-0.4, -0.2) is 43.5 Å². The molecular weight excluding hydrogens is 162 g/mol. The zero-order valence-corrected chi connectivity index (χ0v) is 7.32. The monoisotopic (exact) mass is 177 g/mol. The van der Waals surface area contributed by atoms with Gasteiger partial charge in [-0.2, -0.15) is 0 Å². The molecule has 0 rings (SSSR count). The lowest BCUT2D eigenvalue weighted by Crippen LogP contribution is -2.36. The van der Waals surface area contributed by atoms with Gasteiger partial charge in [0.2, 0.25) is 0 Å². The molecule has 5 heteroatoms. The fourth-order valence-electron chi connectivity index (χ4n) is 0.622. The Hall–Kier alpha value is -0.650. The second kappa shape index (κ2) is 5.93. The summed E-state index contributed by atoms with van der Waals surface area (Å²) in [6.07, 6.45) is -0.125. The summed E-state index contributed by atoms with van der Waals surface area (Å²) in [5, 5.41) is 8.39. The standard InChI is InChI=1S/C7H15NO4/c1-5(3-11-2)12-4-6(8)7(9)10/h5-6H,3-4,8H2,1-2H3,(H,9,10). The van der Waals surface area contributed by atoms with Crippen LogP contribution in [0, 0.1) is 0 Å². The third-order valence-electron chi connectivity index (χ3n) is 1.28. The zero-order chi connectivity index (χ0) is 9.56. The van der Waals surface area contributed by atoms with Crippen molar-refractivity contribution in [2.75, 3.05) is 20.3 Å². The van der Waals surface area contributed by atoms with Crippen LogP contribution >= 0.6 is 0 Å². The predicted octanol–water partition coefficient (Wildman–Crippen LogP) is -0.550. The fourth-order valence-corrected chi connectivity index (χ4v) is 0.622. The van der Waals surface area contributed by atoms with Gasteiger partial charge in [0.25, 0.3) is 0 Å². The fraction of sp³-hybridized carbons (Fsp3) is 0.857. The highest BCUT2D eigenvalue weighted by atomic mass is 16.5. The van der Waals surface area contributed by atoms with Crippen LogP contribution in [0.4, 0.5) is 0 Å². The van der Waals surface area contributed by atoms with Crippen molar-refractivity contribution >= 4 is 5.97 Å². The van der Waals surface area contributed by atoms with E-state index in [0.717, 1.165) is 0 Å². The van der Waals surface area contributed by atoms with E-state index < -0.39 is 12.0 Å². The second-order valence-corrected chi connectivity index (χ2v) is 2.54. The number of aliphatic carboxylic acids is 1. The number of carbonyl (C=O) groups is 1. The van der Waals surface area contributed by atoms with E-state index in [1.807, 2.05) is 0 Å². The topological polar surface area (TPSA) is 81.8 Å². The Morgan fingerprint density at radius 2 is 2.17 bits per heavy atom. The molecule has 0 aliphatic carbocycles. The Labute approximate surface area is 71.5 Å². The molecule has 72 valence electrons. The minimum atomic E-state index is -1.06. The number of nitrogens with two attached hydrogens (primary N) is 1. The summed E-state index contributed by atoms with van der Waals surface area (Å²) in [5.41, 5.74) is 5.20. The predicted molar refractivity (Wildman–Crippen MR) is 42.9 cm³/mol. The van der Waals surface area contributed by atoms with Crippen molar-refractivity contribution in [1.29, 1.82) is 0 Å². The summed E-state index contributed by atoms with van der Waals surface area (Å²) >= 11 is 0. The van der Waals surface area contributed by atoms with E-state index in [0.29, 0.717) is 6.61 Å². The summed E-state index contributed by atoms with van der Waals surface area (Å²) in [6.45, 7) is 2.24. The molecule has 5 nitrogen and oxygen atoms in total. The molecule has 12 heavy (non-hydrogen) atoms. The minimum absolute atomic E-state index is 0.0138. The van der Waals surface area contributed by atoms with Crippen LogP contribution in [0.1, 0.15) is 6.92 Å². The molecule has 0 aromatic carbocycles. The summed E-state index contributed by atoms with van der Waals surface area (Å²) in [6, 6.07) is -0.954. The van der Waals surface area contributed by atoms with Gasteiger partial charge in [-0.25, -0.2) is 0 Å². The number of carboxylic acids is 1. The van der Waals surface area contributed by atoms with Crippen LogP contribution in [0.3, 0.4) is 0 Å². The van der Waals surface area contributed by atoms with Gasteiger partial charge in [0.15, 0.2) is 0 Å². The lowest BCUT2D eigenvalue weighted by atomic mass is 10.3. The largest absolute Gasteiger partial charge is 0.480 e. The molecule has 3 N–H and O–H groups in total. The molecule has 0 heterocycles. The van der Waals surface area contributed by atoms with Crippen molar-refractivity contribution in [3.63, 3.8) is 0 Å². The van der Waals surface area contributed by atoms with E-state index >= 15 is 0 Å². The van der Waals surface area contributed by atoms with Crippen molar-refractivity contribution in [3.05, 3.63) is 0 Å². The highest BCUT2D eigenvalue weighted by molar-refractivity contribution is 5.73. The van der Waals surface area contributed by atoms with Gasteiger partial charge in [0.05, 0.1) is 19.3 Å². The zero-order valence-electron chi connectivity index (χ0n) is 7.32. The molecule has 0 aromatic heterocycles. The maximum atomic E-state index is 10.2. The summed E-state index contributed by atoms with van der Waals surface area (Å²) in [5.74, 6) is -1.06. The molecular formula is C7H15NO4. The van der Waals surface area contributed by atoms with E-state index in [1.165, 1.54) is 0 Å². The van der Waals surface area contributed by atoms with E-state index in [9.17, 15) is 4.79 Å². The van der Waals surface area contributed by atoms with Gasteiger partial charge in [-0.1, -0.05) is 0 Å². The number of ether oxygens (including phenoxy) is 2. The molecule has 2 unspecified atom stereocenters. The van der Waals surface area contributed by atoms with Crippen LogP contribution in [-0.2, 0) is 14.3 Å². The molecule has 0 bridgehead atoms. The van der Waals surface area contributed by atoms with Gasteiger partial charge >= 0.3 is 5.97 Å². The van der Waals surface area contributed by atoms with Crippen LogP contribution < -0.4 is 5.73 Å². The van der Waals surface area contributed by atoms with E-state index in [4.69, 9.17) is 20.3 Å². The Bertz CT molecular complexity index is 139. The molecule has 0 saturated carbocycles. The van der Waals surface area contributed by atoms with Gasteiger partial charge in [-0.3, -0.25) is 4.79 Å². The first-order valence-electron chi connectivity index (χ1n) is 3.66. The quantitative estimate of drug-likeness (QED) is 0.569. The van der Waals surface area contributed by atoms with Crippen LogP contribution in [0.25, 0.3) is 0 Å². The first-order chi connectivity index (χ1) is 5.57. The first-order valence-corrected chi connectivity index (χ1v) is 3.66. The van der Waals surface area contributed by atoms with Crippen molar-refractivity contribution < 1.29 is 19.4 Å². The normalized spacial score (nSPS) is 15.6. The molecule has 0 spiro atoms. The maximum Gasteiger partial charge on any atom is 0.322 e. The highest BCUT2D eigenvalue weighted by Gasteiger charge is 2.12. The van der Waals surface area contributed by atoms with Crippen molar-refractivity contribution in [1.82, 2.24) is 0 Å². The smallest absolute Gasteiger partial charge is 0.322 e. The van der Waals surface area contributed by atoms with E-state index in [1.54, 1.807) is 14.0 Å². The van der Waals surface area contributed by atoms with Gasteiger partial charge in [0, 0.05) is 7.11 Å². The average Bonchev–Trinajstić information content (AvgIpc) is 2.00. The number of hydrogen-bond acceptors (Lipinski definition) is 4. The van der Waals surface area contributed by atoms with Gasteiger partial charge in [-0.05, 0) is 6.92 Å². The van der Waals surface area contributed by atoms with Gasteiger partial charge in [0.1, 0.15) is 6.04 Å². The SMILES string of the molecule is COCC(C)OCC(N)C(=O)O. The molecule has 2 atom stereocenters. The van der Waals surface area contributed by atoms with E-state index in [-0.39, 0.29) is 12.7 Å². The summed E-state index contributed by atoms with van der Waals surface area (Å²) in [7, 11) is 1.55. The molecule has 0 aliphatic rings. The minimum Gasteiger partial charge on any atom is -0.480 e. The summed E-state index contributed by atoms with van der Waals surface area (Å²) < 4.78 is 9.86. The highest BCUT2D eigenvalue weighted by Crippen LogP contribution is 1.92. The third-order valence-corrected chi connectivity index (χ3v) is 1.28. The molecule has 0 aliphatic heterocycles. The Morgan fingerprint density at radius 1 is 1.58 bits per heavy atom. The van der Waals surface area contributed by atoms with Gasteiger partial charge < -0.3 is 20.3 Å². The van der Waals surface area contributed by atoms with Crippen LogP contribution in [0.5, 0.6) is 0 Å². The maximum absolute atomic E-state index is 10.2. The molecule has 0 saturated heterocycles. The summed E-state index contributed by atoms with van der Waals surface area (Å²) in [4.78, 5) is 10.2. The number of hydrogen-bond donors (Lipinski definition) is 2. The van der Waals surface area contributed by atoms with Crippen LogP contribution in [0.15, 0.2) is 0 Å². The Kier molecular flexibility index (Phi) is 5.61. The average molecular weight is 177 g/mol. The lowest BCUT2D eigenvalue weighted by molar-refractivity contribution is -0.140. The third kappa shape index (κ3) is 5.06. The molecule has 0 aromatic rings. The molecule has 0 fully saturated rings. The van der Waals surface area contributed by atoms with E-state index in [2.05, 4.69) is 0 Å². The first kappa shape index (κ1) is 11.4. The van der Waals surface area contributed by atoms with Crippen molar-refractivity contribution in [3.8, 4) is 0 Å². The number of carboxylic acid groups (broad SMARTS) is 1. The molecule has 0 radical (unpaired) electrons. The lowest BCUT2D eigenvalue weighted by Gasteiger charge is -2.13. The number of methoxy groups -OCH3 is 1. The second-order valence-electron chi connectivity index (χ2n) is 2.54. The van der Waals surface area contributed by atoms with Gasteiger partial charge in [-0.15, -0.1) is 0 Å². The van der Waals surface area contributed by atoms with Crippen molar-refractivity contribution in [2.24, 2.45) is 5.73 Å². The Balaban J connectivity index is 3.46. The molecule has 0 amide bonds.